The summed E-state index contributed by atoms with van der Waals surface area (Å²) in [6.45, 7) is 5.21. The van der Waals surface area contributed by atoms with E-state index < -0.39 is 0 Å². The number of rotatable bonds is 5. The van der Waals surface area contributed by atoms with Gasteiger partial charge >= 0.3 is 5.97 Å². The Hall–Kier alpha value is -1.40. The maximum atomic E-state index is 11.7. The number of carbonyl (C=O) groups excluding carboxylic acids is 1. The van der Waals surface area contributed by atoms with Crippen molar-refractivity contribution in [2.75, 3.05) is 26.7 Å². The SMILES string of the molecule is CCc1cnc(CN(C)[C@@H]2CCN([C@H]3CCOC3=O)C2)o1. The van der Waals surface area contributed by atoms with Crippen molar-refractivity contribution in [3.63, 3.8) is 0 Å². The van der Waals surface area contributed by atoms with Crippen molar-refractivity contribution in [3.8, 4) is 0 Å². The van der Waals surface area contributed by atoms with Gasteiger partial charge in [0.1, 0.15) is 11.8 Å². The number of nitrogens with zero attached hydrogens (tertiary/aromatic N) is 3. The molecule has 6 heteroatoms. The first kappa shape index (κ1) is 14.5. The van der Waals surface area contributed by atoms with Crippen molar-refractivity contribution in [2.45, 2.75) is 44.8 Å². The second kappa shape index (κ2) is 6.15. The van der Waals surface area contributed by atoms with Crippen molar-refractivity contribution in [1.82, 2.24) is 14.8 Å². The van der Waals surface area contributed by atoms with Gasteiger partial charge in [-0.05, 0) is 13.5 Å². The molecule has 0 unspecified atom stereocenters. The third kappa shape index (κ3) is 3.11. The number of cyclic esters (lactones) is 1. The fourth-order valence-corrected chi connectivity index (χ4v) is 3.15. The standard InChI is InChI=1S/C15H23N3O3/c1-3-12-8-16-14(21-12)10-17(2)11-4-6-18(9-11)13-5-7-20-15(13)19/h8,11,13H,3-7,9-10H2,1-2H3/t11-,13+/m1/s1. The first-order valence-electron chi connectivity index (χ1n) is 7.72. The number of ether oxygens (including phenoxy) is 1. The summed E-state index contributed by atoms with van der Waals surface area (Å²) in [4.78, 5) is 20.5. The Morgan fingerprint density at radius 2 is 2.33 bits per heavy atom. The number of hydrogen-bond acceptors (Lipinski definition) is 6. The number of esters is 1. The molecule has 0 amide bonds. The molecule has 2 aliphatic rings. The van der Waals surface area contributed by atoms with Gasteiger partial charge in [-0.3, -0.25) is 14.6 Å². The Labute approximate surface area is 125 Å². The lowest BCUT2D eigenvalue weighted by Gasteiger charge is -2.24. The van der Waals surface area contributed by atoms with E-state index in [1.165, 1.54) is 0 Å². The van der Waals surface area contributed by atoms with Crippen LogP contribution in [0.25, 0.3) is 0 Å². The van der Waals surface area contributed by atoms with Gasteiger partial charge in [0.25, 0.3) is 0 Å². The third-order valence-corrected chi connectivity index (χ3v) is 4.50. The first-order chi connectivity index (χ1) is 10.2. The molecule has 3 rings (SSSR count). The van der Waals surface area contributed by atoms with Gasteiger partial charge in [-0.1, -0.05) is 6.92 Å². The quantitative estimate of drug-likeness (QED) is 0.757. The van der Waals surface area contributed by atoms with Crippen molar-refractivity contribution >= 4 is 5.97 Å². The van der Waals surface area contributed by atoms with E-state index in [4.69, 9.17) is 9.15 Å². The molecule has 0 spiro atoms. The minimum absolute atomic E-state index is 0.0307. The number of hydrogen-bond donors (Lipinski definition) is 0. The molecular formula is C15H23N3O3. The molecule has 2 aliphatic heterocycles. The normalized spacial score (nSPS) is 26.7. The Kier molecular flexibility index (Phi) is 4.26. The third-order valence-electron chi connectivity index (χ3n) is 4.50. The molecule has 0 radical (unpaired) electrons. The van der Waals surface area contributed by atoms with E-state index in [2.05, 4.69) is 28.8 Å². The van der Waals surface area contributed by atoms with Gasteiger partial charge < -0.3 is 9.15 Å². The van der Waals surface area contributed by atoms with Crippen LogP contribution in [0, 0.1) is 0 Å². The zero-order chi connectivity index (χ0) is 14.8. The van der Waals surface area contributed by atoms with Gasteiger partial charge in [0.05, 0.1) is 19.3 Å². The fourth-order valence-electron chi connectivity index (χ4n) is 3.15. The van der Waals surface area contributed by atoms with E-state index in [0.717, 1.165) is 44.0 Å². The van der Waals surface area contributed by atoms with Crippen LogP contribution >= 0.6 is 0 Å². The van der Waals surface area contributed by atoms with Gasteiger partial charge in [-0.2, -0.15) is 0 Å². The zero-order valence-electron chi connectivity index (χ0n) is 12.7. The molecular weight excluding hydrogens is 270 g/mol. The molecule has 1 aromatic heterocycles. The van der Waals surface area contributed by atoms with Crippen LogP contribution in [0.3, 0.4) is 0 Å². The van der Waals surface area contributed by atoms with Crippen LogP contribution < -0.4 is 0 Å². The van der Waals surface area contributed by atoms with E-state index in [1.54, 1.807) is 6.20 Å². The second-order valence-electron chi connectivity index (χ2n) is 5.90. The van der Waals surface area contributed by atoms with E-state index >= 15 is 0 Å². The second-order valence-corrected chi connectivity index (χ2v) is 5.90. The molecule has 0 aliphatic carbocycles. The van der Waals surface area contributed by atoms with Crippen LogP contribution in [0.15, 0.2) is 10.6 Å². The number of carbonyl (C=O) groups is 1. The highest BCUT2D eigenvalue weighted by atomic mass is 16.5. The molecule has 116 valence electrons. The lowest BCUT2D eigenvalue weighted by Crippen LogP contribution is -2.40. The summed E-state index contributed by atoms with van der Waals surface area (Å²) in [6.07, 6.45) is 4.58. The van der Waals surface area contributed by atoms with E-state index in [9.17, 15) is 4.79 Å². The average Bonchev–Trinajstić information content (AvgIpc) is 3.17. The molecule has 1 aromatic rings. The van der Waals surface area contributed by atoms with Gasteiger partial charge in [0.2, 0.25) is 5.89 Å². The molecule has 0 N–H and O–H groups in total. The molecule has 2 atom stereocenters. The number of likely N-dealkylation sites (N-methyl/N-ethyl adjacent to an activating group) is 1. The lowest BCUT2D eigenvalue weighted by atomic mass is 10.2. The number of likely N-dealkylation sites (tertiary alicyclic amines) is 1. The molecule has 6 nitrogen and oxygen atoms in total. The highest BCUT2D eigenvalue weighted by molar-refractivity contribution is 5.77. The van der Waals surface area contributed by atoms with Crippen LogP contribution in [0.5, 0.6) is 0 Å². The maximum Gasteiger partial charge on any atom is 0.323 e. The fraction of sp³-hybridized carbons (Fsp3) is 0.733. The van der Waals surface area contributed by atoms with Crippen LogP contribution in [-0.2, 0) is 22.5 Å². The first-order valence-corrected chi connectivity index (χ1v) is 7.72. The monoisotopic (exact) mass is 293 g/mol. The van der Waals surface area contributed by atoms with E-state index in [1.807, 2.05) is 0 Å². The van der Waals surface area contributed by atoms with Gasteiger partial charge in [0, 0.05) is 32.0 Å². The molecule has 21 heavy (non-hydrogen) atoms. The van der Waals surface area contributed by atoms with Crippen molar-refractivity contribution < 1.29 is 13.9 Å². The van der Waals surface area contributed by atoms with Crippen LogP contribution in [-0.4, -0.2) is 59.6 Å². The predicted octanol–water partition coefficient (Wildman–Crippen LogP) is 1.06. The Bertz CT molecular complexity index is 502. The van der Waals surface area contributed by atoms with Crippen LogP contribution in [0.4, 0.5) is 0 Å². The topological polar surface area (TPSA) is 58.8 Å². The Morgan fingerprint density at radius 1 is 1.48 bits per heavy atom. The summed E-state index contributed by atoms with van der Waals surface area (Å²) in [7, 11) is 2.09. The van der Waals surface area contributed by atoms with Crippen LogP contribution in [0.2, 0.25) is 0 Å². The highest BCUT2D eigenvalue weighted by Crippen LogP contribution is 2.23. The molecule has 0 aromatic carbocycles. The highest BCUT2D eigenvalue weighted by Gasteiger charge is 2.37. The minimum atomic E-state index is -0.0569. The van der Waals surface area contributed by atoms with Crippen molar-refractivity contribution in [1.29, 1.82) is 0 Å². The smallest absolute Gasteiger partial charge is 0.323 e. The minimum Gasteiger partial charge on any atom is -0.464 e. The Morgan fingerprint density at radius 3 is 3.00 bits per heavy atom. The summed E-state index contributed by atoms with van der Waals surface area (Å²) in [6, 6.07) is 0.409. The maximum absolute atomic E-state index is 11.7. The van der Waals surface area contributed by atoms with E-state index in [0.29, 0.717) is 19.2 Å². The summed E-state index contributed by atoms with van der Waals surface area (Å²) in [5.41, 5.74) is 0. The summed E-state index contributed by atoms with van der Waals surface area (Å²) in [5.74, 6) is 1.65. The molecule has 0 bridgehead atoms. The number of aromatic nitrogens is 1. The van der Waals surface area contributed by atoms with Crippen LogP contribution in [0.1, 0.15) is 31.4 Å². The molecule has 0 saturated carbocycles. The van der Waals surface area contributed by atoms with Crippen molar-refractivity contribution in [2.24, 2.45) is 0 Å². The summed E-state index contributed by atoms with van der Waals surface area (Å²) < 4.78 is 10.7. The summed E-state index contributed by atoms with van der Waals surface area (Å²) in [5, 5.41) is 0. The Balaban J connectivity index is 1.54. The van der Waals surface area contributed by atoms with Crippen molar-refractivity contribution in [3.05, 3.63) is 17.8 Å². The molecule has 2 saturated heterocycles. The lowest BCUT2D eigenvalue weighted by molar-refractivity contribution is -0.142. The molecule has 3 heterocycles. The van der Waals surface area contributed by atoms with Gasteiger partial charge in [-0.15, -0.1) is 0 Å². The number of oxazole rings is 1. The van der Waals surface area contributed by atoms with E-state index in [-0.39, 0.29) is 12.0 Å². The summed E-state index contributed by atoms with van der Waals surface area (Å²) >= 11 is 0. The zero-order valence-corrected chi connectivity index (χ0v) is 12.7. The molecule has 2 fully saturated rings. The van der Waals surface area contributed by atoms with Gasteiger partial charge in [0.15, 0.2) is 0 Å². The largest absolute Gasteiger partial charge is 0.464 e. The van der Waals surface area contributed by atoms with Gasteiger partial charge in [-0.25, -0.2) is 4.98 Å². The predicted molar refractivity (Wildman–Crippen MR) is 76.7 cm³/mol. The average molecular weight is 293 g/mol. The number of aryl methyl sites for hydroxylation is 1.